The van der Waals surface area contributed by atoms with Crippen LogP contribution in [0.25, 0.3) is 0 Å². The Morgan fingerprint density at radius 1 is 0.903 bits per heavy atom. The van der Waals surface area contributed by atoms with Crippen LogP contribution in [0.1, 0.15) is 44.2 Å². The Labute approximate surface area is 187 Å². The highest BCUT2D eigenvalue weighted by atomic mass is 16.5. The molecule has 0 aliphatic heterocycles. The monoisotopic (exact) mass is 424 g/mol. The fourth-order valence-electron chi connectivity index (χ4n) is 3.96. The Morgan fingerprint density at radius 3 is 2.13 bits per heavy atom. The fraction of sp³-hybridized carbons (Fsp3) is 0.500. The van der Waals surface area contributed by atoms with E-state index in [0.29, 0.717) is 0 Å². The van der Waals surface area contributed by atoms with Crippen LogP contribution >= 0.6 is 0 Å². The van der Waals surface area contributed by atoms with E-state index >= 15 is 0 Å². The number of benzene rings is 2. The summed E-state index contributed by atoms with van der Waals surface area (Å²) >= 11 is 0. The number of nitrogens with one attached hydrogen (secondary N) is 1. The predicted molar refractivity (Wildman–Crippen MR) is 125 cm³/mol. The van der Waals surface area contributed by atoms with Crippen LogP contribution < -0.4 is 19.5 Å². The molecular formula is C26H36N2O3. The van der Waals surface area contributed by atoms with Crippen molar-refractivity contribution in [1.82, 2.24) is 5.32 Å². The molecule has 0 spiro atoms. The van der Waals surface area contributed by atoms with Crippen molar-refractivity contribution in [3.63, 3.8) is 0 Å². The van der Waals surface area contributed by atoms with Crippen molar-refractivity contribution in [3.8, 4) is 23.3 Å². The molecule has 2 aromatic carbocycles. The summed E-state index contributed by atoms with van der Waals surface area (Å²) in [7, 11) is 5.00. The van der Waals surface area contributed by atoms with Crippen LogP contribution in [0.15, 0.2) is 42.5 Å². The summed E-state index contributed by atoms with van der Waals surface area (Å²) in [4.78, 5) is 0. The molecule has 0 aromatic heterocycles. The van der Waals surface area contributed by atoms with Crippen LogP contribution in [0.4, 0.5) is 0 Å². The van der Waals surface area contributed by atoms with Crippen molar-refractivity contribution >= 4 is 0 Å². The Hall–Kier alpha value is -2.71. The molecule has 1 N–H and O–H groups in total. The zero-order valence-electron chi connectivity index (χ0n) is 19.5. The maximum absolute atomic E-state index is 10.1. The van der Waals surface area contributed by atoms with E-state index in [2.05, 4.69) is 37.4 Å². The smallest absolute Gasteiger partial charge is 0.122 e. The highest BCUT2D eigenvalue weighted by molar-refractivity contribution is 5.39. The van der Waals surface area contributed by atoms with Crippen LogP contribution in [-0.2, 0) is 11.8 Å². The number of nitriles is 1. The van der Waals surface area contributed by atoms with Gasteiger partial charge in [-0.15, -0.1) is 0 Å². The van der Waals surface area contributed by atoms with Gasteiger partial charge in [-0.25, -0.2) is 0 Å². The van der Waals surface area contributed by atoms with E-state index in [1.165, 1.54) is 5.56 Å². The summed E-state index contributed by atoms with van der Waals surface area (Å²) in [5.74, 6) is 2.65. The zero-order valence-corrected chi connectivity index (χ0v) is 19.5. The number of nitrogens with zero attached hydrogens (tertiary/aromatic N) is 1. The second kappa shape index (κ2) is 12.2. The average Bonchev–Trinajstić information content (AvgIpc) is 2.80. The number of ether oxygens (including phenoxy) is 3. The third-order valence-electron chi connectivity index (χ3n) is 5.92. The Balaban J connectivity index is 1.84. The lowest BCUT2D eigenvalue weighted by molar-refractivity contribution is 0.353. The fourth-order valence-corrected chi connectivity index (χ4v) is 3.96. The minimum atomic E-state index is -0.507. The molecule has 168 valence electrons. The molecule has 2 aromatic rings. The Bertz CT molecular complexity index is 838. The minimum Gasteiger partial charge on any atom is -0.497 e. The molecule has 1 unspecified atom stereocenters. The summed E-state index contributed by atoms with van der Waals surface area (Å²) in [6.45, 7) is 6.07. The normalized spacial score (nSPS) is 12.8. The third-order valence-corrected chi connectivity index (χ3v) is 5.92. The van der Waals surface area contributed by atoms with E-state index in [4.69, 9.17) is 14.2 Å². The molecule has 0 aliphatic carbocycles. The molecule has 31 heavy (non-hydrogen) atoms. The lowest BCUT2D eigenvalue weighted by Gasteiger charge is -2.31. The maximum Gasteiger partial charge on any atom is 0.122 e. The van der Waals surface area contributed by atoms with Gasteiger partial charge in [0.05, 0.1) is 32.8 Å². The van der Waals surface area contributed by atoms with Crippen LogP contribution in [0.5, 0.6) is 17.2 Å². The highest BCUT2D eigenvalue weighted by Crippen LogP contribution is 2.37. The van der Waals surface area contributed by atoms with E-state index in [-0.39, 0.29) is 5.92 Å². The number of hydrogen-bond donors (Lipinski definition) is 1. The molecule has 0 saturated heterocycles. The molecule has 0 amide bonds. The Kier molecular flexibility index (Phi) is 9.68. The first-order valence-electron chi connectivity index (χ1n) is 11.0. The molecule has 2 rings (SSSR count). The second-order valence-electron chi connectivity index (χ2n) is 8.15. The third kappa shape index (κ3) is 6.63. The van der Waals surface area contributed by atoms with Gasteiger partial charge in [-0.3, -0.25) is 0 Å². The maximum atomic E-state index is 10.1. The lowest BCUT2D eigenvalue weighted by Crippen LogP contribution is -2.32. The summed E-state index contributed by atoms with van der Waals surface area (Å²) < 4.78 is 16.1. The van der Waals surface area contributed by atoms with Gasteiger partial charge in [0.25, 0.3) is 0 Å². The molecule has 0 heterocycles. The Morgan fingerprint density at radius 2 is 1.55 bits per heavy atom. The van der Waals surface area contributed by atoms with Crippen LogP contribution in [-0.4, -0.2) is 34.4 Å². The van der Waals surface area contributed by atoms with E-state index in [1.807, 2.05) is 30.3 Å². The first-order valence-corrected chi connectivity index (χ1v) is 11.0. The zero-order chi connectivity index (χ0) is 22.7. The first kappa shape index (κ1) is 24.6. The van der Waals surface area contributed by atoms with Crippen molar-refractivity contribution in [2.45, 2.75) is 44.9 Å². The van der Waals surface area contributed by atoms with Gasteiger partial charge in [0.1, 0.15) is 17.2 Å². The number of rotatable bonds is 13. The lowest BCUT2D eigenvalue weighted by atomic mass is 9.70. The number of methoxy groups -OCH3 is 3. The molecule has 0 aliphatic rings. The average molecular weight is 425 g/mol. The van der Waals surface area contributed by atoms with Crippen molar-refractivity contribution in [2.75, 3.05) is 34.4 Å². The summed E-state index contributed by atoms with van der Waals surface area (Å²) in [6.07, 6.45) is 3.74. The van der Waals surface area contributed by atoms with Crippen molar-refractivity contribution in [3.05, 3.63) is 53.6 Å². The molecule has 0 bridgehead atoms. The number of aryl methyl sites for hydroxylation is 1. The molecule has 0 saturated carbocycles. The van der Waals surface area contributed by atoms with Crippen molar-refractivity contribution < 1.29 is 14.2 Å². The summed E-state index contributed by atoms with van der Waals surface area (Å²) in [5, 5.41) is 13.6. The first-order chi connectivity index (χ1) is 15.0. The molecule has 5 nitrogen and oxygen atoms in total. The van der Waals surface area contributed by atoms with E-state index < -0.39 is 5.41 Å². The molecule has 1 atom stereocenters. The van der Waals surface area contributed by atoms with Crippen LogP contribution in [0.2, 0.25) is 0 Å². The largest absolute Gasteiger partial charge is 0.497 e. The van der Waals surface area contributed by atoms with Gasteiger partial charge in [-0.1, -0.05) is 26.0 Å². The van der Waals surface area contributed by atoms with Crippen LogP contribution in [0, 0.1) is 17.2 Å². The molecule has 5 heteroatoms. The standard InChI is InChI=1S/C26H36N2O3/c1-20(2)26(19-27,22-10-6-11-23(17-22)29-3)12-8-14-28-13-7-9-21-15-24(30-4)18-25(16-21)31-5/h6,10-11,15-18,20,28H,7-9,12-14H2,1-5H3. The predicted octanol–water partition coefficient (Wildman–Crippen LogP) is 5.13. The highest BCUT2D eigenvalue weighted by Gasteiger charge is 2.35. The number of hydrogen-bond acceptors (Lipinski definition) is 5. The van der Waals surface area contributed by atoms with Gasteiger partial charge < -0.3 is 19.5 Å². The topological polar surface area (TPSA) is 63.5 Å². The van der Waals surface area contributed by atoms with E-state index in [1.54, 1.807) is 21.3 Å². The molecular weight excluding hydrogens is 388 g/mol. The van der Waals surface area contributed by atoms with Gasteiger partial charge in [-0.05, 0) is 80.1 Å². The van der Waals surface area contributed by atoms with Crippen molar-refractivity contribution in [1.29, 1.82) is 5.26 Å². The second-order valence-corrected chi connectivity index (χ2v) is 8.15. The van der Waals surface area contributed by atoms with Crippen molar-refractivity contribution in [2.24, 2.45) is 5.92 Å². The van der Waals surface area contributed by atoms with Gasteiger partial charge >= 0.3 is 0 Å². The summed E-state index contributed by atoms with van der Waals surface area (Å²) in [5.41, 5.74) is 1.74. The summed E-state index contributed by atoms with van der Waals surface area (Å²) in [6, 6.07) is 16.6. The van der Waals surface area contributed by atoms with Gasteiger partial charge in [0.2, 0.25) is 0 Å². The van der Waals surface area contributed by atoms with E-state index in [0.717, 1.165) is 61.6 Å². The van der Waals surface area contributed by atoms with Crippen LogP contribution in [0.3, 0.4) is 0 Å². The van der Waals surface area contributed by atoms with Gasteiger partial charge in [0.15, 0.2) is 0 Å². The quantitative estimate of drug-likeness (QED) is 0.452. The van der Waals surface area contributed by atoms with E-state index in [9.17, 15) is 5.26 Å². The minimum absolute atomic E-state index is 0.215. The van der Waals surface area contributed by atoms with Gasteiger partial charge in [-0.2, -0.15) is 5.26 Å². The van der Waals surface area contributed by atoms with Gasteiger partial charge in [0, 0.05) is 6.07 Å². The molecule has 0 radical (unpaired) electrons. The SMILES string of the molecule is COc1cc(CCCNCCCC(C#N)(c2cccc(OC)c2)C(C)C)cc(OC)c1. The molecule has 0 fully saturated rings.